The van der Waals surface area contributed by atoms with Crippen LogP contribution in [0, 0.1) is 5.82 Å². The molecule has 0 fully saturated rings. The molecule has 2 rings (SSSR count). The highest BCUT2D eigenvalue weighted by atomic mass is 19.1. The van der Waals surface area contributed by atoms with Crippen molar-refractivity contribution in [2.45, 2.75) is 20.4 Å². The average molecular weight is 300 g/mol. The van der Waals surface area contributed by atoms with Crippen molar-refractivity contribution in [3.63, 3.8) is 0 Å². The van der Waals surface area contributed by atoms with E-state index in [0.29, 0.717) is 18.2 Å². The molecule has 0 spiro atoms. The molecule has 4 nitrogen and oxygen atoms in total. The van der Waals surface area contributed by atoms with Crippen LogP contribution in [0.2, 0.25) is 0 Å². The number of carbonyl (C=O) groups excluding carboxylic acids is 1. The third kappa shape index (κ3) is 5.01. The Morgan fingerprint density at radius 2 is 2.00 bits per heavy atom. The van der Waals surface area contributed by atoms with Gasteiger partial charge < -0.3 is 10.1 Å². The first-order valence-corrected chi connectivity index (χ1v) is 6.84. The van der Waals surface area contributed by atoms with Crippen LogP contribution in [0.25, 0.3) is 0 Å². The topological polar surface area (TPSA) is 51.2 Å². The number of hydrogen-bond donors (Lipinski definition) is 1. The Labute approximate surface area is 128 Å². The zero-order chi connectivity index (χ0) is 15.9. The van der Waals surface area contributed by atoms with Crippen molar-refractivity contribution in [1.29, 1.82) is 0 Å². The van der Waals surface area contributed by atoms with Crippen molar-refractivity contribution in [2.24, 2.45) is 0 Å². The second-order valence-corrected chi connectivity index (χ2v) is 5.00. The summed E-state index contributed by atoms with van der Waals surface area (Å²) in [4.78, 5) is 15.7. The maximum Gasteiger partial charge on any atom is 0.244 e. The molecule has 1 aromatic carbocycles. The molecule has 0 aliphatic carbocycles. The molecule has 1 amide bonds. The molecule has 5 heteroatoms. The highest BCUT2D eigenvalue weighted by Gasteiger charge is 2.02. The molecule has 0 unspecified atom stereocenters. The van der Waals surface area contributed by atoms with Crippen molar-refractivity contribution in [1.82, 2.24) is 10.3 Å². The van der Waals surface area contributed by atoms with Gasteiger partial charge >= 0.3 is 0 Å². The molecule has 1 heterocycles. The quantitative estimate of drug-likeness (QED) is 0.858. The number of ether oxygens (including phenoxy) is 1. The highest BCUT2D eigenvalue weighted by molar-refractivity contribution is 5.87. The molecule has 0 saturated carbocycles. The second kappa shape index (κ2) is 7.36. The second-order valence-electron chi connectivity index (χ2n) is 5.00. The fourth-order valence-corrected chi connectivity index (χ4v) is 1.74. The summed E-state index contributed by atoms with van der Waals surface area (Å²) in [5.41, 5.74) is 1.80. The average Bonchev–Trinajstić information content (AvgIpc) is 2.47. The smallest absolute Gasteiger partial charge is 0.244 e. The van der Waals surface area contributed by atoms with E-state index in [2.05, 4.69) is 10.3 Å². The Morgan fingerprint density at radius 1 is 1.27 bits per heavy atom. The molecular weight excluding hydrogens is 283 g/mol. The zero-order valence-electron chi connectivity index (χ0n) is 12.5. The van der Waals surface area contributed by atoms with Crippen LogP contribution >= 0.6 is 0 Å². The van der Waals surface area contributed by atoms with Gasteiger partial charge in [0.2, 0.25) is 11.8 Å². The summed E-state index contributed by atoms with van der Waals surface area (Å²) in [5.74, 6) is 0.425. The minimum Gasteiger partial charge on any atom is -0.439 e. The minimum atomic E-state index is -0.323. The van der Waals surface area contributed by atoms with E-state index in [1.54, 1.807) is 18.3 Å². The monoisotopic (exact) mass is 300 g/mol. The van der Waals surface area contributed by atoms with Gasteiger partial charge in [-0.2, -0.15) is 0 Å². The Hall–Kier alpha value is -2.69. The molecule has 0 aliphatic rings. The van der Waals surface area contributed by atoms with Crippen molar-refractivity contribution in [3.8, 4) is 11.6 Å². The number of amides is 1. The van der Waals surface area contributed by atoms with Gasteiger partial charge in [0.15, 0.2) is 0 Å². The molecule has 114 valence electrons. The molecule has 0 saturated heterocycles. The fraction of sp³-hybridized carbons (Fsp3) is 0.176. The Bertz CT molecular complexity index is 677. The van der Waals surface area contributed by atoms with E-state index in [1.165, 1.54) is 30.3 Å². The van der Waals surface area contributed by atoms with Crippen LogP contribution in [0.3, 0.4) is 0 Å². The Balaban J connectivity index is 1.99. The molecule has 0 aliphatic heterocycles. The van der Waals surface area contributed by atoms with Crippen molar-refractivity contribution < 1.29 is 13.9 Å². The normalized spacial score (nSPS) is 9.95. The maximum atomic E-state index is 12.8. The molecule has 2 aromatic rings. The molecular formula is C17H17FN2O2. The lowest BCUT2D eigenvalue weighted by molar-refractivity contribution is -0.116. The first-order valence-electron chi connectivity index (χ1n) is 6.84. The first-order chi connectivity index (χ1) is 10.5. The third-order valence-corrected chi connectivity index (χ3v) is 2.72. The summed E-state index contributed by atoms with van der Waals surface area (Å²) in [6.45, 7) is 4.10. The number of pyridine rings is 1. The van der Waals surface area contributed by atoms with Gasteiger partial charge in [0.05, 0.1) is 0 Å². The number of nitrogens with zero attached hydrogens (tertiary/aromatic N) is 1. The van der Waals surface area contributed by atoms with Gasteiger partial charge in [0.1, 0.15) is 11.6 Å². The van der Waals surface area contributed by atoms with Crippen molar-refractivity contribution >= 4 is 5.91 Å². The summed E-state index contributed by atoms with van der Waals surface area (Å²) in [6, 6.07) is 9.21. The van der Waals surface area contributed by atoms with Gasteiger partial charge in [0, 0.05) is 24.9 Å². The number of hydrogen-bond acceptors (Lipinski definition) is 3. The minimum absolute atomic E-state index is 0.141. The SMILES string of the molecule is CC(C)=CC(=O)NCc1ccnc(Oc2ccc(F)cc2)c1. The molecule has 22 heavy (non-hydrogen) atoms. The number of halogens is 1. The predicted molar refractivity (Wildman–Crippen MR) is 82.0 cm³/mol. The highest BCUT2D eigenvalue weighted by Crippen LogP contribution is 2.20. The van der Waals surface area contributed by atoms with Crippen LogP contribution in [-0.2, 0) is 11.3 Å². The van der Waals surface area contributed by atoms with E-state index in [-0.39, 0.29) is 11.7 Å². The van der Waals surface area contributed by atoms with Gasteiger partial charge in [0.25, 0.3) is 0 Å². The summed E-state index contributed by atoms with van der Waals surface area (Å²) in [5, 5.41) is 2.78. The van der Waals surface area contributed by atoms with E-state index in [9.17, 15) is 9.18 Å². The van der Waals surface area contributed by atoms with Gasteiger partial charge in [-0.3, -0.25) is 4.79 Å². The summed E-state index contributed by atoms with van der Waals surface area (Å²) in [6.07, 6.45) is 3.14. The maximum absolute atomic E-state index is 12.8. The van der Waals surface area contributed by atoms with Gasteiger partial charge in [-0.05, 0) is 49.7 Å². The van der Waals surface area contributed by atoms with Crippen LogP contribution in [0.5, 0.6) is 11.6 Å². The van der Waals surface area contributed by atoms with Gasteiger partial charge in [-0.1, -0.05) is 5.57 Å². The van der Waals surface area contributed by atoms with Crippen molar-refractivity contribution in [2.75, 3.05) is 0 Å². The van der Waals surface area contributed by atoms with Crippen LogP contribution in [0.15, 0.2) is 54.2 Å². The number of carbonyl (C=O) groups is 1. The molecule has 0 atom stereocenters. The zero-order valence-corrected chi connectivity index (χ0v) is 12.5. The lowest BCUT2D eigenvalue weighted by Crippen LogP contribution is -2.20. The molecule has 0 bridgehead atoms. The predicted octanol–water partition coefficient (Wildman–Crippen LogP) is 3.60. The Morgan fingerprint density at radius 3 is 2.68 bits per heavy atom. The fourth-order valence-electron chi connectivity index (χ4n) is 1.74. The van der Waals surface area contributed by atoms with Crippen LogP contribution in [0.4, 0.5) is 4.39 Å². The van der Waals surface area contributed by atoms with Crippen molar-refractivity contribution in [3.05, 3.63) is 65.6 Å². The number of allylic oxidation sites excluding steroid dienone is 1. The Kier molecular flexibility index (Phi) is 5.25. The first kappa shape index (κ1) is 15.7. The summed E-state index contributed by atoms with van der Waals surface area (Å²) >= 11 is 0. The number of nitrogens with one attached hydrogen (secondary N) is 1. The summed E-state index contributed by atoms with van der Waals surface area (Å²) < 4.78 is 18.4. The summed E-state index contributed by atoms with van der Waals surface area (Å²) in [7, 11) is 0. The van der Waals surface area contributed by atoms with E-state index in [4.69, 9.17) is 4.74 Å². The molecule has 0 radical (unpaired) electrons. The van der Waals surface area contributed by atoms with Gasteiger partial charge in [-0.25, -0.2) is 9.37 Å². The van der Waals surface area contributed by atoms with Gasteiger partial charge in [-0.15, -0.1) is 0 Å². The lowest BCUT2D eigenvalue weighted by atomic mass is 10.2. The third-order valence-electron chi connectivity index (χ3n) is 2.72. The van der Waals surface area contributed by atoms with Crippen LogP contribution < -0.4 is 10.1 Å². The standard InChI is InChI=1S/C17H17FN2O2/c1-12(2)9-16(21)20-11-13-7-8-19-17(10-13)22-15-5-3-14(18)4-6-15/h3-10H,11H2,1-2H3,(H,20,21). The molecule has 1 aromatic heterocycles. The van der Waals surface area contributed by atoms with E-state index in [0.717, 1.165) is 11.1 Å². The van der Waals surface area contributed by atoms with Crippen LogP contribution in [0.1, 0.15) is 19.4 Å². The van der Waals surface area contributed by atoms with E-state index in [1.807, 2.05) is 13.8 Å². The number of rotatable bonds is 5. The largest absolute Gasteiger partial charge is 0.439 e. The lowest BCUT2D eigenvalue weighted by Gasteiger charge is -2.07. The number of benzene rings is 1. The number of aromatic nitrogens is 1. The van der Waals surface area contributed by atoms with E-state index >= 15 is 0 Å². The van der Waals surface area contributed by atoms with Crippen LogP contribution in [-0.4, -0.2) is 10.9 Å². The molecule has 1 N–H and O–H groups in total. The van der Waals surface area contributed by atoms with E-state index < -0.39 is 0 Å².